The fourth-order valence-electron chi connectivity index (χ4n) is 2.23. The molecule has 2 aromatic carbocycles. The zero-order valence-corrected chi connectivity index (χ0v) is 12.4. The largest absolute Gasteiger partial charge is 0.489 e. The smallest absolute Gasteiger partial charge is 0.123 e. The summed E-state index contributed by atoms with van der Waals surface area (Å²) in [6.07, 6.45) is 1.92. The molecule has 2 nitrogen and oxygen atoms in total. The van der Waals surface area contributed by atoms with E-state index < -0.39 is 0 Å². The van der Waals surface area contributed by atoms with E-state index in [4.69, 9.17) is 10.5 Å². The molecule has 0 aromatic heterocycles. The Balaban J connectivity index is 2.05. The van der Waals surface area contributed by atoms with Gasteiger partial charge in [-0.15, -0.1) is 0 Å². The minimum atomic E-state index is 0.602. The van der Waals surface area contributed by atoms with Crippen LogP contribution in [0, 0.1) is 6.92 Å². The minimum absolute atomic E-state index is 0.602. The first-order valence-corrected chi connectivity index (χ1v) is 7.23. The maximum Gasteiger partial charge on any atom is 0.123 e. The molecule has 20 heavy (non-hydrogen) atoms. The Morgan fingerprint density at radius 3 is 2.35 bits per heavy atom. The Hall–Kier alpha value is -1.80. The summed E-state index contributed by atoms with van der Waals surface area (Å²) >= 11 is 0. The lowest BCUT2D eigenvalue weighted by Crippen LogP contribution is -2.06. The van der Waals surface area contributed by atoms with Crippen molar-refractivity contribution < 1.29 is 4.74 Å². The summed E-state index contributed by atoms with van der Waals surface area (Å²) in [6, 6.07) is 14.9. The highest BCUT2D eigenvalue weighted by Crippen LogP contribution is 2.21. The third-order valence-electron chi connectivity index (χ3n) is 3.46. The molecule has 0 aliphatic rings. The SMILES string of the molecule is CCc1ccc(COc2ccc(C)cc2CCN)cc1. The van der Waals surface area contributed by atoms with Gasteiger partial charge in [0, 0.05) is 0 Å². The average Bonchev–Trinajstić information content (AvgIpc) is 2.47. The molecule has 0 aliphatic carbocycles. The first-order chi connectivity index (χ1) is 9.72. The van der Waals surface area contributed by atoms with Crippen LogP contribution >= 0.6 is 0 Å². The van der Waals surface area contributed by atoms with Gasteiger partial charge in [0.05, 0.1) is 0 Å². The second-order valence-electron chi connectivity index (χ2n) is 5.11. The maximum absolute atomic E-state index is 5.95. The number of nitrogens with two attached hydrogens (primary N) is 1. The molecule has 0 bridgehead atoms. The number of ether oxygens (including phenoxy) is 1. The fourth-order valence-corrected chi connectivity index (χ4v) is 2.23. The predicted octanol–water partition coefficient (Wildman–Crippen LogP) is 3.64. The zero-order chi connectivity index (χ0) is 14.4. The van der Waals surface area contributed by atoms with Gasteiger partial charge in [0.1, 0.15) is 12.4 Å². The summed E-state index contributed by atoms with van der Waals surface area (Å²) < 4.78 is 5.95. The summed E-state index contributed by atoms with van der Waals surface area (Å²) in [5.41, 5.74) is 10.6. The van der Waals surface area contributed by atoms with Crippen molar-refractivity contribution in [3.63, 3.8) is 0 Å². The molecule has 0 heterocycles. The highest BCUT2D eigenvalue weighted by atomic mass is 16.5. The normalized spacial score (nSPS) is 10.6. The summed E-state index contributed by atoms with van der Waals surface area (Å²) in [4.78, 5) is 0. The van der Waals surface area contributed by atoms with E-state index in [1.165, 1.54) is 22.3 Å². The Morgan fingerprint density at radius 2 is 1.70 bits per heavy atom. The lowest BCUT2D eigenvalue weighted by atomic mass is 10.1. The van der Waals surface area contributed by atoms with Gasteiger partial charge in [-0.25, -0.2) is 0 Å². The van der Waals surface area contributed by atoms with Gasteiger partial charge in [0.2, 0.25) is 0 Å². The van der Waals surface area contributed by atoms with Gasteiger partial charge in [-0.3, -0.25) is 0 Å². The van der Waals surface area contributed by atoms with Crippen molar-refractivity contribution in [1.29, 1.82) is 0 Å². The van der Waals surface area contributed by atoms with Crippen LogP contribution in [0.5, 0.6) is 5.75 Å². The molecule has 0 aliphatic heterocycles. The van der Waals surface area contributed by atoms with Crippen molar-refractivity contribution in [1.82, 2.24) is 0 Å². The van der Waals surface area contributed by atoms with Crippen LogP contribution in [0.4, 0.5) is 0 Å². The minimum Gasteiger partial charge on any atom is -0.489 e. The van der Waals surface area contributed by atoms with Gasteiger partial charge >= 0.3 is 0 Å². The standard InChI is InChI=1S/C18H23NO/c1-3-15-5-7-16(8-6-15)13-20-18-9-4-14(2)12-17(18)10-11-19/h4-9,12H,3,10-11,13,19H2,1-2H3. The molecule has 0 spiro atoms. The molecule has 106 valence electrons. The summed E-state index contributed by atoms with van der Waals surface area (Å²) in [5.74, 6) is 0.945. The van der Waals surface area contributed by atoms with E-state index in [1.807, 2.05) is 6.07 Å². The molecule has 2 N–H and O–H groups in total. The lowest BCUT2D eigenvalue weighted by Gasteiger charge is -2.12. The summed E-state index contributed by atoms with van der Waals surface area (Å²) in [7, 11) is 0. The molecule has 0 atom stereocenters. The molecule has 2 aromatic rings. The summed E-state index contributed by atoms with van der Waals surface area (Å²) in [5, 5.41) is 0. The second-order valence-corrected chi connectivity index (χ2v) is 5.11. The molecule has 0 fully saturated rings. The molecule has 2 rings (SSSR count). The van der Waals surface area contributed by atoms with Crippen LogP contribution in [-0.4, -0.2) is 6.54 Å². The predicted molar refractivity (Wildman–Crippen MR) is 84.1 cm³/mol. The first kappa shape index (κ1) is 14.6. The van der Waals surface area contributed by atoms with Crippen molar-refractivity contribution in [2.75, 3.05) is 6.54 Å². The highest BCUT2D eigenvalue weighted by molar-refractivity contribution is 5.37. The maximum atomic E-state index is 5.95. The van der Waals surface area contributed by atoms with Crippen molar-refractivity contribution in [2.24, 2.45) is 5.73 Å². The van der Waals surface area contributed by atoms with E-state index in [9.17, 15) is 0 Å². The molecule has 2 heteroatoms. The van der Waals surface area contributed by atoms with Gasteiger partial charge in [0.15, 0.2) is 0 Å². The van der Waals surface area contributed by atoms with Gasteiger partial charge < -0.3 is 10.5 Å². The van der Waals surface area contributed by atoms with Gasteiger partial charge in [0.25, 0.3) is 0 Å². The number of hydrogen-bond acceptors (Lipinski definition) is 2. The Labute approximate surface area is 121 Å². The Bertz CT molecular complexity index is 546. The molecule has 0 radical (unpaired) electrons. The van der Waals surface area contributed by atoms with Crippen LogP contribution in [0.2, 0.25) is 0 Å². The summed E-state index contributed by atoms with van der Waals surface area (Å²) in [6.45, 7) is 5.50. The highest BCUT2D eigenvalue weighted by Gasteiger charge is 2.04. The zero-order valence-electron chi connectivity index (χ0n) is 12.4. The molecule has 0 unspecified atom stereocenters. The van der Waals surface area contributed by atoms with E-state index in [0.29, 0.717) is 13.2 Å². The van der Waals surface area contributed by atoms with Gasteiger partial charge in [-0.2, -0.15) is 0 Å². The molecule has 0 saturated heterocycles. The second kappa shape index (κ2) is 7.11. The fraction of sp³-hybridized carbons (Fsp3) is 0.333. The molecule has 0 amide bonds. The quantitative estimate of drug-likeness (QED) is 0.869. The lowest BCUT2D eigenvalue weighted by molar-refractivity contribution is 0.303. The molecule has 0 saturated carbocycles. The van der Waals surface area contributed by atoms with Crippen LogP contribution in [0.15, 0.2) is 42.5 Å². The first-order valence-electron chi connectivity index (χ1n) is 7.23. The van der Waals surface area contributed by atoms with E-state index in [-0.39, 0.29) is 0 Å². The van der Waals surface area contributed by atoms with Crippen molar-refractivity contribution in [2.45, 2.75) is 33.3 Å². The molecular formula is C18H23NO. The van der Waals surface area contributed by atoms with Crippen molar-refractivity contribution in [3.05, 3.63) is 64.7 Å². The average molecular weight is 269 g/mol. The third kappa shape index (κ3) is 3.84. The van der Waals surface area contributed by atoms with E-state index in [0.717, 1.165) is 18.6 Å². The Morgan fingerprint density at radius 1 is 1.00 bits per heavy atom. The topological polar surface area (TPSA) is 35.2 Å². The van der Waals surface area contributed by atoms with Crippen LogP contribution in [0.1, 0.15) is 29.2 Å². The van der Waals surface area contributed by atoms with Crippen molar-refractivity contribution >= 4 is 0 Å². The van der Waals surface area contributed by atoms with Crippen LogP contribution in [0.3, 0.4) is 0 Å². The van der Waals surface area contributed by atoms with Crippen LogP contribution < -0.4 is 10.5 Å². The monoisotopic (exact) mass is 269 g/mol. The Kier molecular flexibility index (Phi) is 5.19. The number of aryl methyl sites for hydroxylation is 2. The van der Waals surface area contributed by atoms with Gasteiger partial charge in [-0.05, 0) is 49.1 Å². The number of rotatable bonds is 6. The molecular weight excluding hydrogens is 246 g/mol. The van der Waals surface area contributed by atoms with E-state index in [1.54, 1.807) is 0 Å². The number of benzene rings is 2. The van der Waals surface area contributed by atoms with Crippen LogP contribution in [-0.2, 0) is 19.4 Å². The van der Waals surface area contributed by atoms with Gasteiger partial charge in [-0.1, -0.05) is 48.9 Å². The van der Waals surface area contributed by atoms with E-state index >= 15 is 0 Å². The number of hydrogen-bond donors (Lipinski definition) is 1. The third-order valence-corrected chi connectivity index (χ3v) is 3.46. The van der Waals surface area contributed by atoms with Crippen molar-refractivity contribution in [3.8, 4) is 5.75 Å². The van der Waals surface area contributed by atoms with E-state index in [2.05, 4.69) is 50.2 Å². The van der Waals surface area contributed by atoms with Crippen LogP contribution in [0.25, 0.3) is 0 Å².